The number of rotatable bonds is 43. The molecule has 428 valence electrons. The van der Waals surface area contributed by atoms with Gasteiger partial charge in [0, 0.05) is 13.1 Å². The number of nitrogens with zero attached hydrogens (tertiary/aromatic N) is 2. The van der Waals surface area contributed by atoms with Crippen LogP contribution in [0.4, 0.5) is 0 Å². The van der Waals surface area contributed by atoms with E-state index in [0.717, 1.165) is 0 Å². The first-order valence-corrected chi connectivity index (χ1v) is 25.0. The Morgan fingerprint density at radius 2 is 0.600 bits per heavy atom. The molecular formula is C44H84N18O13. The van der Waals surface area contributed by atoms with Crippen molar-refractivity contribution >= 4 is 71.2 Å². The molecule has 0 aliphatic heterocycles. The molecule has 7 amide bonds. The fourth-order valence-electron chi connectivity index (χ4n) is 7.14. The van der Waals surface area contributed by atoms with Gasteiger partial charge < -0.3 is 104 Å². The highest BCUT2D eigenvalue weighted by Gasteiger charge is 2.36. The molecule has 0 unspecified atom stereocenters. The maximum atomic E-state index is 14.0. The van der Waals surface area contributed by atoms with E-state index in [-0.39, 0.29) is 96.0 Å². The van der Waals surface area contributed by atoms with Crippen molar-refractivity contribution in [3.8, 4) is 0 Å². The highest BCUT2D eigenvalue weighted by atomic mass is 16.4. The largest absolute Gasteiger partial charge is 0.481 e. The SMILES string of the molecule is NCCCC[C@H](NC(=O)[C@H](CCCCN)NC(=O)[C@H](CCCN=C(N)N)NC(=O)[C@H](CC(=O)O)NC(=O)[C@H](CC(=O)O)NC(=O)[C@H](CCCN=C(N)N)NC(=O)[C@H](CCCCN)NC(=O)[C@@H](N)CCCCN)C(=O)O. The van der Waals surface area contributed by atoms with Gasteiger partial charge in [0.05, 0.1) is 18.9 Å². The number of guanidine groups is 2. The molecule has 0 aromatic rings. The molecule has 0 aromatic heterocycles. The van der Waals surface area contributed by atoms with Crippen molar-refractivity contribution in [3.05, 3.63) is 0 Å². The predicted octanol–water partition coefficient (Wildman–Crippen LogP) is -6.64. The second-order valence-electron chi connectivity index (χ2n) is 17.6. The zero-order valence-corrected chi connectivity index (χ0v) is 42.6. The van der Waals surface area contributed by atoms with Crippen LogP contribution in [0.1, 0.15) is 116 Å². The molecule has 0 heterocycles. The molecule has 0 bridgehead atoms. The van der Waals surface area contributed by atoms with Crippen LogP contribution in [0.3, 0.4) is 0 Å². The van der Waals surface area contributed by atoms with E-state index >= 15 is 0 Å². The lowest BCUT2D eigenvalue weighted by Crippen LogP contribution is -2.60. The fraction of sp³-hybridized carbons (Fsp3) is 0.727. The Labute approximate surface area is 435 Å². The Balaban J connectivity index is 6.88. The quantitative estimate of drug-likeness (QED) is 0.0153. The number of carbonyl (C=O) groups excluding carboxylic acids is 7. The first-order valence-electron chi connectivity index (χ1n) is 25.0. The summed E-state index contributed by atoms with van der Waals surface area (Å²) >= 11 is 0. The second-order valence-corrected chi connectivity index (χ2v) is 17.6. The number of nitrogens with two attached hydrogens (primary N) is 9. The molecule has 0 aliphatic rings. The molecule has 0 aromatic carbocycles. The smallest absolute Gasteiger partial charge is 0.326 e. The monoisotopic (exact) mass is 1070 g/mol. The number of carbonyl (C=O) groups is 10. The molecule has 31 nitrogen and oxygen atoms in total. The Kier molecular flexibility index (Phi) is 35.8. The topological polar surface area (TPSA) is 574 Å². The van der Waals surface area contributed by atoms with Crippen LogP contribution in [0.5, 0.6) is 0 Å². The standard InChI is InChI=1S/C44H84N18O13/c45-17-5-1-11-25(49)35(67)56-26(12-2-6-18-46)36(68)58-29(16-10-22-55-44(52)53)39(71)61-32(24-34(65)66)41(73)62-31(23-33(63)64)40(72)59-28(15-9-21-54-43(50)51)37(69)57-27(13-3-7-19-47)38(70)60-30(42(74)75)14-4-8-20-48/h25-32H,1-24,45-49H2,(H,56,67)(H,57,69)(H,58,68)(H,59,72)(H,60,70)(H,61,71)(H,62,73)(H,63,64)(H,65,66)(H,74,75)(H4,50,51,54)(H4,52,53,55)/t25-,26-,27-,28-,29-,30-,31-,32-/m0/s1. The van der Waals surface area contributed by atoms with Gasteiger partial charge in [-0.1, -0.05) is 6.42 Å². The van der Waals surface area contributed by atoms with Crippen LogP contribution in [0.15, 0.2) is 9.98 Å². The molecule has 75 heavy (non-hydrogen) atoms. The number of nitrogens with one attached hydrogen (secondary N) is 7. The van der Waals surface area contributed by atoms with Gasteiger partial charge in [-0.25, -0.2) is 4.79 Å². The molecule has 0 rings (SSSR count). The van der Waals surface area contributed by atoms with E-state index in [9.17, 15) is 63.3 Å². The van der Waals surface area contributed by atoms with Crippen LogP contribution >= 0.6 is 0 Å². The Hall–Kier alpha value is -6.96. The van der Waals surface area contributed by atoms with E-state index in [1.54, 1.807) is 0 Å². The van der Waals surface area contributed by atoms with Gasteiger partial charge in [0.15, 0.2) is 11.9 Å². The summed E-state index contributed by atoms with van der Waals surface area (Å²) in [5.41, 5.74) is 50.2. The maximum Gasteiger partial charge on any atom is 0.326 e. The van der Waals surface area contributed by atoms with Gasteiger partial charge in [0.25, 0.3) is 0 Å². The van der Waals surface area contributed by atoms with Crippen LogP contribution in [-0.4, -0.2) is 174 Å². The number of aliphatic carboxylic acids is 3. The number of aliphatic imine (C=N–C) groups is 2. The zero-order chi connectivity index (χ0) is 56.9. The lowest BCUT2D eigenvalue weighted by atomic mass is 10.0. The van der Waals surface area contributed by atoms with Crippen molar-refractivity contribution in [1.29, 1.82) is 0 Å². The van der Waals surface area contributed by atoms with Crippen LogP contribution in [0, 0.1) is 0 Å². The summed E-state index contributed by atoms with van der Waals surface area (Å²) in [7, 11) is 0. The average molecular weight is 1070 g/mol. The lowest BCUT2D eigenvalue weighted by Gasteiger charge is -2.27. The number of carboxylic acids is 3. The van der Waals surface area contributed by atoms with E-state index in [0.29, 0.717) is 57.9 Å². The van der Waals surface area contributed by atoms with E-state index in [2.05, 4.69) is 47.2 Å². The second kappa shape index (κ2) is 39.5. The molecule has 28 N–H and O–H groups in total. The number of hydrogen-bond donors (Lipinski definition) is 19. The van der Waals surface area contributed by atoms with Crippen LogP contribution in [0.2, 0.25) is 0 Å². The summed E-state index contributed by atoms with van der Waals surface area (Å²) < 4.78 is 0. The van der Waals surface area contributed by atoms with Gasteiger partial charge in [0.2, 0.25) is 41.4 Å². The first-order chi connectivity index (χ1) is 35.5. The molecular weight excluding hydrogens is 989 g/mol. The van der Waals surface area contributed by atoms with E-state index < -0.39 is 120 Å². The van der Waals surface area contributed by atoms with Crippen molar-refractivity contribution in [3.63, 3.8) is 0 Å². The summed E-state index contributed by atoms with van der Waals surface area (Å²) in [5, 5.41) is 46.2. The fourth-order valence-corrected chi connectivity index (χ4v) is 7.14. The minimum atomic E-state index is -2.04. The normalized spacial score (nSPS) is 14.1. The molecule has 0 saturated heterocycles. The third-order valence-corrected chi connectivity index (χ3v) is 11.2. The highest BCUT2D eigenvalue weighted by molar-refractivity contribution is 5.99. The maximum absolute atomic E-state index is 14.0. The Bertz CT molecular complexity index is 1890. The molecule has 0 saturated carbocycles. The predicted molar refractivity (Wildman–Crippen MR) is 275 cm³/mol. The first kappa shape index (κ1) is 68.0. The summed E-state index contributed by atoms with van der Waals surface area (Å²) in [6.45, 7) is 1.03. The molecule has 0 aliphatic carbocycles. The third kappa shape index (κ3) is 31.4. The summed E-state index contributed by atoms with van der Waals surface area (Å²) in [6, 6.07) is -12.1. The molecule has 0 spiro atoms. The Morgan fingerprint density at radius 1 is 0.347 bits per heavy atom. The van der Waals surface area contributed by atoms with E-state index in [4.69, 9.17) is 51.6 Å². The van der Waals surface area contributed by atoms with Crippen molar-refractivity contribution < 1.29 is 63.3 Å². The zero-order valence-electron chi connectivity index (χ0n) is 42.6. The van der Waals surface area contributed by atoms with E-state index in [1.165, 1.54) is 0 Å². The molecule has 8 atom stereocenters. The van der Waals surface area contributed by atoms with Crippen molar-refractivity contribution in [2.75, 3.05) is 39.3 Å². The third-order valence-electron chi connectivity index (χ3n) is 11.2. The van der Waals surface area contributed by atoms with Gasteiger partial charge in [-0.05, 0) is 122 Å². The van der Waals surface area contributed by atoms with Gasteiger partial charge in [-0.2, -0.15) is 0 Å². The van der Waals surface area contributed by atoms with Crippen molar-refractivity contribution in [2.45, 2.75) is 164 Å². The van der Waals surface area contributed by atoms with Gasteiger partial charge >= 0.3 is 17.9 Å². The number of carboxylic acid groups (broad SMARTS) is 3. The van der Waals surface area contributed by atoms with Crippen molar-refractivity contribution in [1.82, 2.24) is 37.2 Å². The minimum absolute atomic E-state index is 0.0124. The molecule has 0 fully saturated rings. The summed E-state index contributed by atoms with van der Waals surface area (Å²) in [6.07, 6.45) is 1.18. The number of amides is 7. The van der Waals surface area contributed by atoms with E-state index in [1.807, 2.05) is 0 Å². The number of hydrogen-bond acceptors (Lipinski definition) is 17. The van der Waals surface area contributed by atoms with Crippen LogP contribution in [0.25, 0.3) is 0 Å². The summed E-state index contributed by atoms with van der Waals surface area (Å²) in [4.78, 5) is 140. The van der Waals surface area contributed by atoms with Crippen LogP contribution in [-0.2, 0) is 47.9 Å². The Morgan fingerprint density at radius 3 is 0.893 bits per heavy atom. The molecule has 31 heteroatoms. The van der Waals surface area contributed by atoms with Gasteiger partial charge in [0.1, 0.15) is 42.3 Å². The molecule has 0 radical (unpaired) electrons. The lowest BCUT2D eigenvalue weighted by molar-refractivity contribution is -0.144. The van der Waals surface area contributed by atoms with Crippen molar-refractivity contribution in [2.24, 2.45) is 61.6 Å². The average Bonchev–Trinajstić information content (AvgIpc) is 3.33. The van der Waals surface area contributed by atoms with Gasteiger partial charge in [-0.3, -0.25) is 53.1 Å². The van der Waals surface area contributed by atoms with Gasteiger partial charge in [-0.15, -0.1) is 0 Å². The highest BCUT2D eigenvalue weighted by Crippen LogP contribution is 2.11. The van der Waals surface area contributed by atoms with Crippen LogP contribution < -0.4 is 88.8 Å². The number of unbranched alkanes of at least 4 members (excludes halogenated alkanes) is 4. The minimum Gasteiger partial charge on any atom is -0.481 e. The summed E-state index contributed by atoms with van der Waals surface area (Å²) in [5.74, 6) is -12.4.